The van der Waals surface area contributed by atoms with Gasteiger partial charge in [-0.05, 0) is 24.3 Å². The number of amides is 1. The summed E-state index contributed by atoms with van der Waals surface area (Å²) in [7, 11) is 0. The summed E-state index contributed by atoms with van der Waals surface area (Å²) >= 11 is 0. The highest BCUT2D eigenvalue weighted by Crippen LogP contribution is 2.09. The third-order valence-corrected chi connectivity index (χ3v) is 3.99. The van der Waals surface area contributed by atoms with Gasteiger partial charge >= 0.3 is 12.1 Å². The summed E-state index contributed by atoms with van der Waals surface area (Å²) in [6, 6.07) is 8.76. The Morgan fingerprint density at radius 2 is 1.69 bits per heavy atom. The number of carbonyl (C=O) groups is 2. The molecule has 5 nitrogen and oxygen atoms in total. The van der Waals surface area contributed by atoms with Gasteiger partial charge in [-0.25, -0.2) is 9.59 Å². The van der Waals surface area contributed by atoms with Crippen LogP contribution in [0.2, 0.25) is 0 Å². The molecule has 0 aliphatic rings. The highest BCUT2D eigenvalue weighted by molar-refractivity contribution is 5.81. The lowest BCUT2D eigenvalue weighted by Gasteiger charge is -2.19. The Morgan fingerprint density at radius 1 is 1.00 bits per heavy atom. The Kier molecular flexibility index (Phi) is 11.2. The van der Waals surface area contributed by atoms with Crippen molar-refractivity contribution in [3.8, 4) is 0 Å². The van der Waals surface area contributed by atoms with Crippen LogP contribution < -0.4 is 5.32 Å². The van der Waals surface area contributed by atoms with Crippen molar-refractivity contribution in [2.45, 2.75) is 71.9 Å². The molecule has 1 unspecified atom stereocenters. The highest BCUT2D eigenvalue weighted by atomic mass is 16.6. The number of nitrogens with one attached hydrogen (secondary N) is 1. The average molecular weight is 363 g/mol. The Morgan fingerprint density at radius 3 is 2.35 bits per heavy atom. The van der Waals surface area contributed by atoms with Crippen molar-refractivity contribution >= 4 is 12.1 Å². The summed E-state index contributed by atoms with van der Waals surface area (Å²) in [4.78, 5) is 24.3. The summed E-state index contributed by atoms with van der Waals surface area (Å²) in [5.74, 6) is -0.127. The van der Waals surface area contributed by atoms with E-state index in [2.05, 4.69) is 12.2 Å². The second-order valence-corrected chi connectivity index (χ2v) is 6.97. The van der Waals surface area contributed by atoms with E-state index in [9.17, 15) is 9.59 Å². The van der Waals surface area contributed by atoms with Crippen LogP contribution in [0, 0.1) is 5.92 Å². The van der Waals surface area contributed by atoms with Gasteiger partial charge in [0.05, 0.1) is 6.61 Å². The van der Waals surface area contributed by atoms with Crippen LogP contribution in [-0.4, -0.2) is 24.7 Å². The second-order valence-electron chi connectivity index (χ2n) is 6.97. The van der Waals surface area contributed by atoms with Gasteiger partial charge < -0.3 is 14.8 Å². The molecule has 1 atom stereocenters. The number of alkyl carbamates (subject to hydrolysis) is 1. The minimum atomic E-state index is -0.672. The van der Waals surface area contributed by atoms with Crippen LogP contribution in [0.3, 0.4) is 0 Å². The molecule has 1 amide bonds. The van der Waals surface area contributed by atoms with Crippen molar-refractivity contribution in [3.05, 3.63) is 35.9 Å². The molecule has 0 saturated heterocycles. The second kappa shape index (κ2) is 13.2. The SMILES string of the molecule is CCCCCCCOC(=O)C(CC(C)C)NC(=O)OCc1ccccc1. The lowest BCUT2D eigenvalue weighted by molar-refractivity contribution is -0.146. The zero-order valence-electron chi connectivity index (χ0n) is 16.3. The van der Waals surface area contributed by atoms with Gasteiger partial charge in [0.2, 0.25) is 0 Å². The number of hydrogen-bond acceptors (Lipinski definition) is 4. The summed E-state index contributed by atoms with van der Waals surface area (Å²) in [6.07, 6.45) is 5.40. The Balaban J connectivity index is 2.38. The van der Waals surface area contributed by atoms with Gasteiger partial charge in [0.15, 0.2) is 0 Å². The fourth-order valence-electron chi connectivity index (χ4n) is 2.57. The third-order valence-electron chi connectivity index (χ3n) is 3.99. The molecule has 0 aromatic heterocycles. The van der Waals surface area contributed by atoms with Gasteiger partial charge in [-0.2, -0.15) is 0 Å². The smallest absolute Gasteiger partial charge is 0.408 e. The monoisotopic (exact) mass is 363 g/mol. The van der Waals surface area contributed by atoms with Crippen LogP contribution >= 0.6 is 0 Å². The van der Waals surface area contributed by atoms with Crippen molar-refractivity contribution in [1.29, 1.82) is 0 Å². The first kappa shape index (κ1) is 22.0. The molecule has 0 aliphatic carbocycles. The van der Waals surface area contributed by atoms with E-state index in [1.807, 2.05) is 44.2 Å². The van der Waals surface area contributed by atoms with E-state index < -0.39 is 12.1 Å². The summed E-state index contributed by atoms with van der Waals surface area (Å²) < 4.78 is 10.5. The van der Waals surface area contributed by atoms with Crippen molar-refractivity contribution in [3.63, 3.8) is 0 Å². The summed E-state index contributed by atoms with van der Waals surface area (Å²) in [5, 5.41) is 2.64. The molecular weight excluding hydrogens is 330 g/mol. The van der Waals surface area contributed by atoms with E-state index in [0.29, 0.717) is 13.0 Å². The van der Waals surface area contributed by atoms with E-state index in [4.69, 9.17) is 9.47 Å². The van der Waals surface area contributed by atoms with Gasteiger partial charge in [-0.3, -0.25) is 0 Å². The summed E-state index contributed by atoms with van der Waals surface area (Å²) in [6.45, 7) is 6.74. The maximum Gasteiger partial charge on any atom is 0.408 e. The average Bonchev–Trinajstić information content (AvgIpc) is 2.62. The van der Waals surface area contributed by atoms with Gasteiger partial charge in [0.25, 0.3) is 0 Å². The largest absolute Gasteiger partial charge is 0.464 e. The Labute approximate surface area is 157 Å². The fraction of sp³-hybridized carbons (Fsp3) is 0.619. The topological polar surface area (TPSA) is 64.6 Å². The van der Waals surface area contributed by atoms with E-state index >= 15 is 0 Å². The zero-order valence-corrected chi connectivity index (χ0v) is 16.3. The molecule has 5 heteroatoms. The van der Waals surface area contributed by atoms with E-state index in [-0.39, 0.29) is 18.5 Å². The van der Waals surface area contributed by atoms with E-state index in [1.165, 1.54) is 12.8 Å². The molecule has 0 radical (unpaired) electrons. The van der Waals surface area contributed by atoms with Crippen LogP contribution in [0.15, 0.2) is 30.3 Å². The highest BCUT2D eigenvalue weighted by Gasteiger charge is 2.24. The number of carbonyl (C=O) groups excluding carboxylic acids is 2. The van der Waals surface area contributed by atoms with E-state index in [1.54, 1.807) is 0 Å². The molecule has 1 N–H and O–H groups in total. The molecule has 0 aliphatic heterocycles. The number of rotatable bonds is 12. The number of unbranched alkanes of at least 4 members (excludes halogenated alkanes) is 4. The Bertz CT molecular complexity index is 516. The molecule has 0 heterocycles. The first-order chi connectivity index (χ1) is 12.5. The molecule has 0 bridgehead atoms. The van der Waals surface area contributed by atoms with Crippen molar-refractivity contribution in [1.82, 2.24) is 5.32 Å². The number of esters is 1. The molecule has 0 saturated carbocycles. The van der Waals surface area contributed by atoms with Crippen molar-refractivity contribution in [2.75, 3.05) is 6.61 Å². The lowest BCUT2D eigenvalue weighted by atomic mass is 10.0. The molecule has 1 aromatic carbocycles. The van der Waals surface area contributed by atoms with Crippen LogP contribution in [0.4, 0.5) is 4.79 Å². The van der Waals surface area contributed by atoms with Gasteiger partial charge in [0.1, 0.15) is 12.6 Å². The predicted molar refractivity (Wildman–Crippen MR) is 103 cm³/mol. The first-order valence-electron chi connectivity index (χ1n) is 9.66. The number of ether oxygens (including phenoxy) is 2. The first-order valence-corrected chi connectivity index (χ1v) is 9.66. The molecule has 1 rings (SSSR count). The molecule has 0 spiro atoms. The minimum absolute atomic E-state index is 0.174. The van der Waals surface area contributed by atoms with Gasteiger partial charge in [-0.15, -0.1) is 0 Å². The quantitative estimate of drug-likeness (QED) is 0.426. The third kappa shape index (κ3) is 10.1. The molecule has 26 heavy (non-hydrogen) atoms. The molecular formula is C21H33NO4. The van der Waals surface area contributed by atoms with Crippen molar-refractivity contribution < 1.29 is 19.1 Å². The predicted octanol–water partition coefficient (Wildman–Crippen LogP) is 4.84. The van der Waals surface area contributed by atoms with Gasteiger partial charge in [0, 0.05) is 0 Å². The minimum Gasteiger partial charge on any atom is -0.464 e. The normalized spacial score (nSPS) is 11.8. The lowest BCUT2D eigenvalue weighted by Crippen LogP contribution is -2.43. The summed E-state index contributed by atoms with van der Waals surface area (Å²) in [5.41, 5.74) is 0.901. The number of hydrogen-bond donors (Lipinski definition) is 1. The molecule has 0 fully saturated rings. The molecule has 146 valence electrons. The Hall–Kier alpha value is -2.04. The maximum absolute atomic E-state index is 12.3. The van der Waals surface area contributed by atoms with Crippen LogP contribution in [-0.2, 0) is 20.9 Å². The zero-order chi connectivity index (χ0) is 19.2. The van der Waals surface area contributed by atoms with Gasteiger partial charge in [-0.1, -0.05) is 76.8 Å². The fourth-order valence-corrected chi connectivity index (χ4v) is 2.57. The number of benzene rings is 1. The van der Waals surface area contributed by atoms with Crippen LogP contribution in [0.1, 0.15) is 64.9 Å². The maximum atomic E-state index is 12.3. The van der Waals surface area contributed by atoms with E-state index in [0.717, 1.165) is 24.8 Å². The van der Waals surface area contributed by atoms with Crippen LogP contribution in [0.5, 0.6) is 0 Å². The standard InChI is InChI=1S/C21H33NO4/c1-4-5-6-7-11-14-25-20(23)19(15-17(2)3)22-21(24)26-16-18-12-9-8-10-13-18/h8-10,12-13,17,19H,4-7,11,14-16H2,1-3H3,(H,22,24). The van der Waals surface area contributed by atoms with Crippen LogP contribution in [0.25, 0.3) is 0 Å². The molecule has 1 aromatic rings. The van der Waals surface area contributed by atoms with Crippen molar-refractivity contribution in [2.24, 2.45) is 5.92 Å².